The molecule has 3 rings (SSSR count). The van der Waals surface area contributed by atoms with Crippen LogP contribution < -0.4 is 9.64 Å². The van der Waals surface area contributed by atoms with Crippen molar-refractivity contribution in [3.8, 4) is 5.75 Å². The molecule has 2 heterocycles. The molecule has 0 aliphatic rings. The Balaban J connectivity index is 1.99. The van der Waals surface area contributed by atoms with E-state index in [0.29, 0.717) is 17.1 Å². The Labute approximate surface area is 135 Å². The molecule has 0 saturated carbocycles. The second-order valence-corrected chi connectivity index (χ2v) is 5.39. The van der Waals surface area contributed by atoms with Gasteiger partial charge in [-0.3, -0.25) is 0 Å². The molecule has 0 radical (unpaired) electrons. The van der Waals surface area contributed by atoms with Gasteiger partial charge in [0.2, 0.25) is 0 Å². The van der Waals surface area contributed by atoms with E-state index in [1.54, 1.807) is 7.11 Å². The van der Waals surface area contributed by atoms with Gasteiger partial charge in [0.05, 0.1) is 13.2 Å². The second-order valence-electron chi connectivity index (χ2n) is 5.39. The average molecular weight is 312 g/mol. The number of rotatable bonds is 5. The summed E-state index contributed by atoms with van der Waals surface area (Å²) in [7, 11) is 3.69. The van der Waals surface area contributed by atoms with Gasteiger partial charge < -0.3 is 14.1 Å². The summed E-state index contributed by atoms with van der Waals surface area (Å²) in [6, 6.07) is 8.28. The van der Waals surface area contributed by atoms with Crippen LogP contribution in [0.5, 0.6) is 5.75 Å². The molecule has 0 bridgehead atoms. The van der Waals surface area contributed by atoms with Crippen molar-refractivity contribution in [3.63, 3.8) is 0 Å². The SMILES string of the molecule is CC[C@H](c1ccc(OC)cc1)N(C)c1ncnc2oc(C)nc12. The summed E-state index contributed by atoms with van der Waals surface area (Å²) in [5.41, 5.74) is 2.41. The normalized spacial score (nSPS) is 12.3. The number of benzene rings is 1. The van der Waals surface area contributed by atoms with E-state index in [0.717, 1.165) is 18.0 Å². The van der Waals surface area contributed by atoms with Crippen LogP contribution in [0, 0.1) is 6.92 Å². The van der Waals surface area contributed by atoms with Gasteiger partial charge in [0.15, 0.2) is 17.2 Å². The number of aryl methyl sites for hydroxylation is 1. The highest BCUT2D eigenvalue weighted by molar-refractivity contribution is 5.81. The first-order chi connectivity index (χ1) is 11.1. The third-order valence-electron chi connectivity index (χ3n) is 3.97. The Kier molecular flexibility index (Phi) is 4.14. The molecule has 0 spiro atoms. The van der Waals surface area contributed by atoms with Crippen LogP contribution in [0.1, 0.15) is 30.8 Å². The van der Waals surface area contributed by atoms with Crippen molar-refractivity contribution in [2.45, 2.75) is 26.3 Å². The van der Waals surface area contributed by atoms with Gasteiger partial charge in [-0.2, -0.15) is 4.98 Å². The van der Waals surface area contributed by atoms with Gasteiger partial charge in [-0.15, -0.1) is 0 Å². The van der Waals surface area contributed by atoms with Crippen LogP contribution in [0.2, 0.25) is 0 Å². The quantitative estimate of drug-likeness (QED) is 0.718. The highest BCUT2D eigenvalue weighted by Gasteiger charge is 2.21. The lowest BCUT2D eigenvalue weighted by Crippen LogP contribution is -2.25. The van der Waals surface area contributed by atoms with Crippen molar-refractivity contribution in [1.29, 1.82) is 0 Å². The summed E-state index contributed by atoms with van der Waals surface area (Å²) >= 11 is 0. The molecule has 1 aromatic carbocycles. The van der Waals surface area contributed by atoms with E-state index in [2.05, 4.69) is 38.9 Å². The number of anilines is 1. The molecule has 0 unspecified atom stereocenters. The van der Waals surface area contributed by atoms with E-state index in [9.17, 15) is 0 Å². The number of oxazole rings is 1. The number of hydrogen-bond donors (Lipinski definition) is 0. The first kappa shape index (κ1) is 15.3. The largest absolute Gasteiger partial charge is 0.497 e. The minimum atomic E-state index is 0.177. The van der Waals surface area contributed by atoms with Crippen molar-refractivity contribution in [3.05, 3.63) is 42.0 Å². The van der Waals surface area contributed by atoms with Crippen LogP contribution in [0.15, 0.2) is 35.0 Å². The molecule has 6 nitrogen and oxygen atoms in total. The third kappa shape index (κ3) is 2.84. The summed E-state index contributed by atoms with van der Waals surface area (Å²) in [5, 5.41) is 0. The van der Waals surface area contributed by atoms with Crippen LogP contribution in [0.4, 0.5) is 5.82 Å². The van der Waals surface area contributed by atoms with Gasteiger partial charge in [0, 0.05) is 14.0 Å². The lowest BCUT2D eigenvalue weighted by atomic mass is 10.0. The first-order valence-corrected chi connectivity index (χ1v) is 7.59. The zero-order valence-corrected chi connectivity index (χ0v) is 13.8. The Bertz CT molecular complexity index is 798. The smallest absolute Gasteiger partial charge is 0.252 e. The van der Waals surface area contributed by atoms with Gasteiger partial charge in [-0.1, -0.05) is 19.1 Å². The van der Waals surface area contributed by atoms with Gasteiger partial charge >= 0.3 is 0 Å². The molecular formula is C17H20N4O2. The molecule has 0 amide bonds. The Morgan fingerprint density at radius 1 is 1.22 bits per heavy atom. The van der Waals surface area contributed by atoms with Gasteiger partial charge in [-0.25, -0.2) is 9.97 Å². The second kappa shape index (κ2) is 6.24. The van der Waals surface area contributed by atoms with E-state index >= 15 is 0 Å². The van der Waals surface area contributed by atoms with Crippen molar-refractivity contribution in [2.75, 3.05) is 19.1 Å². The van der Waals surface area contributed by atoms with E-state index in [-0.39, 0.29) is 6.04 Å². The molecular weight excluding hydrogens is 292 g/mol. The Hall–Kier alpha value is -2.63. The number of aromatic nitrogens is 3. The number of fused-ring (bicyclic) bond motifs is 1. The van der Waals surface area contributed by atoms with Gasteiger partial charge in [0.1, 0.15) is 12.1 Å². The predicted molar refractivity (Wildman–Crippen MR) is 88.8 cm³/mol. The Morgan fingerprint density at radius 2 is 1.96 bits per heavy atom. The van der Waals surface area contributed by atoms with E-state index < -0.39 is 0 Å². The lowest BCUT2D eigenvalue weighted by Gasteiger charge is -2.28. The van der Waals surface area contributed by atoms with E-state index in [1.807, 2.05) is 26.1 Å². The fraction of sp³-hybridized carbons (Fsp3) is 0.353. The van der Waals surface area contributed by atoms with Gasteiger partial charge in [0.25, 0.3) is 5.71 Å². The molecule has 3 aromatic rings. The average Bonchev–Trinajstić information content (AvgIpc) is 2.96. The number of ether oxygens (including phenoxy) is 1. The maximum Gasteiger partial charge on any atom is 0.252 e. The molecule has 23 heavy (non-hydrogen) atoms. The summed E-state index contributed by atoms with van der Waals surface area (Å²) < 4.78 is 10.7. The maximum absolute atomic E-state index is 5.50. The minimum absolute atomic E-state index is 0.177. The molecule has 0 N–H and O–H groups in total. The topological polar surface area (TPSA) is 64.3 Å². The number of nitrogens with zero attached hydrogens (tertiary/aromatic N) is 4. The molecule has 2 aromatic heterocycles. The standard InChI is InChI=1S/C17H20N4O2/c1-5-14(12-6-8-13(22-4)9-7-12)21(3)16-15-17(19-10-18-16)23-11(2)20-15/h6-10,14H,5H2,1-4H3/t14-/m1/s1. The van der Waals surface area contributed by atoms with Crippen molar-refractivity contribution in [1.82, 2.24) is 15.0 Å². The van der Waals surface area contributed by atoms with E-state index in [1.165, 1.54) is 11.9 Å². The van der Waals surface area contributed by atoms with Crippen molar-refractivity contribution < 1.29 is 9.15 Å². The first-order valence-electron chi connectivity index (χ1n) is 7.59. The molecule has 1 atom stereocenters. The van der Waals surface area contributed by atoms with Crippen LogP contribution in [-0.4, -0.2) is 29.1 Å². The summed E-state index contributed by atoms with van der Waals surface area (Å²) in [6.07, 6.45) is 2.45. The fourth-order valence-electron chi connectivity index (χ4n) is 2.81. The molecule has 0 saturated heterocycles. The van der Waals surface area contributed by atoms with E-state index in [4.69, 9.17) is 9.15 Å². The fourth-order valence-corrected chi connectivity index (χ4v) is 2.81. The molecule has 0 fully saturated rings. The van der Waals surface area contributed by atoms with Crippen molar-refractivity contribution in [2.24, 2.45) is 0 Å². The highest BCUT2D eigenvalue weighted by Crippen LogP contribution is 2.31. The minimum Gasteiger partial charge on any atom is -0.497 e. The summed E-state index contributed by atoms with van der Waals surface area (Å²) in [4.78, 5) is 15.1. The summed E-state index contributed by atoms with van der Waals surface area (Å²) in [6.45, 7) is 3.96. The number of methoxy groups -OCH3 is 1. The van der Waals surface area contributed by atoms with Gasteiger partial charge in [-0.05, 0) is 24.1 Å². The zero-order chi connectivity index (χ0) is 16.4. The molecule has 0 aliphatic heterocycles. The molecule has 120 valence electrons. The third-order valence-corrected chi connectivity index (χ3v) is 3.97. The monoisotopic (exact) mass is 312 g/mol. The summed E-state index contributed by atoms with van der Waals surface area (Å²) in [5.74, 6) is 2.21. The Morgan fingerprint density at radius 3 is 2.61 bits per heavy atom. The predicted octanol–water partition coefficient (Wildman–Crippen LogP) is 3.52. The lowest BCUT2D eigenvalue weighted by molar-refractivity contribution is 0.414. The zero-order valence-electron chi connectivity index (χ0n) is 13.8. The van der Waals surface area contributed by atoms with Crippen LogP contribution in [0.3, 0.4) is 0 Å². The number of hydrogen-bond acceptors (Lipinski definition) is 6. The molecule has 6 heteroatoms. The van der Waals surface area contributed by atoms with Crippen LogP contribution in [-0.2, 0) is 0 Å². The highest BCUT2D eigenvalue weighted by atomic mass is 16.5. The van der Waals surface area contributed by atoms with Crippen LogP contribution in [0.25, 0.3) is 11.2 Å². The van der Waals surface area contributed by atoms with Crippen molar-refractivity contribution >= 4 is 17.0 Å². The molecule has 0 aliphatic carbocycles. The maximum atomic E-state index is 5.50. The van der Waals surface area contributed by atoms with Crippen LogP contribution >= 0.6 is 0 Å².